The SMILES string of the molecule is Cc1ccc(NC(=O)CN(C)C(=O)CC(C)N)cc1.Cl. The second kappa shape index (κ2) is 8.55. The van der Waals surface area contributed by atoms with Gasteiger partial charge in [-0.25, -0.2) is 0 Å². The maximum absolute atomic E-state index is 11.8. The van der Waals surface area contributed by atoms with Crippen LogP contribution >= 0.6 is 12.4 Å². The summed E-state index contributed by atoms with van der Waals surface area (Å²) in [5, 5.41) is 2.74. The molecule has 0 heterocycles. The molecule has 1 aromatic rings. The molecule has 2 amide bonds. The van der Waals surface area contributed by atoms with E-state index in [-0.39, 0.29) is 43.2 Å². The number of likely N-dealkylation sites (N-methyl/N-ethyl adjacent to an activating group) is 1. The van der Waals surface area contributed by atoms with Crippen LogP contribution in [0.2, 0.25) is 0 Å². The van der Waals surface area contributed by atoms with Gasteiger partial charge in [-0.3, -0.25) is 9.59 Å². The summed E-state index contributed by atoms with van der Waals surface area (Å²) in [5.41, 5.74) is 7.40. The fraction of sp³-hybridized carbons (Fsp3) is 0.429. The molecule has 6 heteroatoms. The van der Waals surface area contributed by atoms with Crippen LogP contribution in [-0.4, -0.2) is 36.3 Å². The third kappa shape index (κ3) is 6.54. The molecule has 3 N–H and O–H groups in total. The van der Waals surface area contributed by atoms with Crippen molar-refractivity contribution in [1.29, 1.82) is 0 Å². The molecule has 0 aliphatic heterocycles. The molecule has 0 fully saturated rings. The van der Waals surface area contributed by atoms with Crippen molar-refractivity contribution >= 4 is 29.9 Å². The van der Waals surface area contributed by atoms with Gasteiger partial charge in [0, 0.05) is 25.2 Å². The number of carbonyl (C=O) groups is 2. The molecule has 0 aliphatic rings. The number of halogens is 1. The average molecular weight is 300 g/mol. The van der Waals surface area contributed by atoms with Crippen LogP contribution in [0, 0.1) is 6.92 Å². The van der Waals surface area contributed by atoms with Gasteiger partial charge in [-0.15, -0.1) is 12.4 Å². The highest BCUT2D eigenvalue weighted by Gasteiger charge is 2.14. The molecule has 1 rings (SSSR count). The van der Waals surface area contributed by atoms with Gasteiger partial charge in [0.1, 0.15) is 0 Å². The number of carbonyl (C=O) groups excluding carboxylic acids is 2. The molecule has 5 nitrogen and oxygen atoms in total. The van der Waals surface area contributed by atoms with Crippen molar-refractivity contribution < 1.29 is 9.59 Å². The summed E-state index contributed by atoms with van der Waals surface area (Å²) in [6, 6.07) is 7.30. The molecule has 20 heavy (non-hydrogen) atoms. The van der Waals surface area contributed by atoms with Gasteiger partial charge < -0.3 is 16.0 Å². The predicted octanol–water partition coefficient (Wildman–Crippen LogP) is 1.55. The Morgan fingerprint density at radius 2 is 1.85 bits per heavy atom. The highest BCUT2D eigenvalue weighted by atomic mass is 35.5. The first kappa shape index (κ1) is 18.4. The number of benzene rings is 1. The fourth-order valence-corrected chi connectivity index (χ4v) is 1.57. The predicted molar refractivity (Wildman–Crippen MR) is 83.0 cm³/mol. The van der Waals surface area contributed by atoms with E-state index < -0.39 is 0 Å². The van der Waals surface area contributed by atoms with Gasteiger partial charge in [-0.05, 0) is 26.0 Å². The van der Waals surface area contributed by atoms with E-state index in [4.69, 9.17) is 5.73 Å². The molecule has 112 valence electrons. The van der Waals surface area contributed by atoms with Gasteiger partial charge in [-0.2, -0.15) is 0 Å². The van der Waals surface area contributed by atoms with Crippen molar-refractivity contribution in [2.75, 3.05) is 18.9 Å². The molecular formula is C14H22ClN3O2. The normalized spacial score (nSPS) is 11.2. The van der Waals surface area contributed by atoms with E-state index in [1.54, 1.807) is 14.0 Å². The first-order chi connectivity index (χ1) is 8.88. The lowest BCUT2D eigenvalue weighted by Crippen LogP contribution is -2.37. The van der Waals surface area contributed by atoms with Crippen molar-refractivity contribution in [3.05, 3.63) is 29.8 Å². The van der Waals surface area contributed by atoms with Crippen molar-refractivity contribution in [3.63, 3.8) is 0 Å². The molecule has 0 spiro atoms. The molecule has 0 saturated heterocycles. The third-order valence-electron chi connectivity index (χ3n) is 2.64. The molecule has 0 aliphatic carbocycles. The molecule has 1 unspecified atom stereocenters. The Morgan fingerprint density at radius 1 is 1.30 bits per heavy atom. The number of rotatable bonds is 5. The Bertz CT molecular complexity index is 446. The molecule has 0 aromatic heterocycles. The van der Waals surface area contributed by atoms with Gasteiger partial charge in [0.15, 0.2) is 0 Å². The fourth-order valence-electron chi connectivity index (χ4n) is 1.57. The van der Waals surface area contributed by atoms with Gasteiger partial charge in [0.2, 0.25) is 11.8 Å². The van der Waals surface area contributed by atoms with Crippen LogP contribution in [0.5, 0.6) is 0 Å². The molecule has 0 radical (unpaired) electrons. The summed E-state index contributed by atoms with van der Waals surface area (Å²) in [6.07, 6.45) is 0.244. The van der Waals surface area contributed by atoms with Crippen LogP contribution < -0.4 is 11.1 Å². The van der Waals surface area contributed by atoms with E-state index >= 15 is 0 Å². The van der Waals surface area contributed by atoms with Gasteiger partial charge >= 0.3 is 0 Å². The standard InChI is InChI=1S/C14H21N3O2.ClH/c1-10-4-6-12(7-5-10)16-13(18)9-17(3)14(19)8-11(2)15;/h4-7,11H,8-9,15H2,1-3H3,(H,16,18);1H. The largest absolute Gasteiger partial charge is 0.336 e. The number of nitrogens with two attached hydrogens (primary N) is 1. The lowest BCUT2D eigenvalue weighted by molar-refractivity contribution is -0.133. The Morgan fingerprint density at radius 3 is 2.35 bits per heavy atom. The Hall–Kier alpha value is -1.59. The lowest BCUT2D eigenvalue weighted by atomic mass is 10.2. The van der Waals surface area contributed by atoms with Gasteiger partial charge in [-0.1, -0.05) is 17.7 Å². The van der Waals surface area contributed by atoms with E-state index in [0.717, 1.165) is 11.3 Å². The maximum Gasteiger partial charge on any atom is 0.243 e. The number of nitrogens with zero attached hydrogens (tertiary/aromatic N) is 1. The van der Waals surface area contributed by atoms with E-state index in [9.17, 15) is 9.59 Å². The molecular weight excluding hydrogens is 278 g/mol. The number of anilines is 1. The van der Waals surface area contributed by atoms with Crippen molar-refractivity contribution in [2.24, 2.45) is 5.73 Å². The van der Waals surface area contributed by atoms with E-state index in [1.807, 2.05) is 31.2 Å². The molecule has 0 bridgehead atoms. The molecule has 0 saturated carbocycles. The summed E-state index contributed by atoms with van der Waals surface area (Å²) >= 11 is 0. The van der Waals surface area contributed by atoms with Crippen molar-refractivity contribution in [3.8, 4) is 0 Å². The zero-order valence-electron chi connectivity index (χ0n) is 12.1. The summed E-state index contributed by atoms with van der Waals surface area (Å²) in [5.74, 6) is -0.349. The van der Waals surface area contributed by atoms with Crippen LogP contribution in [0.25, 0.3) is 0 Å². The summed E-state index contributed by atoms with van der Waals surface area (Å²) < 4.78 is 0. The summed E-state index contributed by atoms with van der Waals surface area (Å²) in [4.78, 5) is 24.8. The number of nitrogens with one attached hydrogen (secondary N) is 1. The molecule has 1 aromatic carbocycles. The smallest absolute Gasteiger partial charge is 0.243 e. The third-order valence-corrected chi connectivity index (χ3v) is 2.64. The Kier molecular flexibility index (Phi) is 7.87. The Labute approximate surface area is 125 Å². The zero-order valence-corrected chi connectivity index (χ0v) is 12.9. The number of hydrogen-bond acceptors (Lipinski definition) is 3. The maximum atomic E-state index is 11.8. The topological polar surface area (TPSA) is 75.4 Å². The monoisotopic (exact) mass is 299 g/mol. The number of amides is 2. The minimum atomic E-state index is -0.218. The number of hydrogen-bond donors (Lipinski definition) is 2. The minimum absolute atomic E-state index is 0. The zero-order chi connectivity index (χ0) is 14.4. The minimum Gasteiger partial charge on any atom is -0.336 e. The van der Waals surface area contributed by atoms with Crippen LogP contribution in [-0.2, 0) is 9.59 Å². The van der Waals surface area contributed by atoms with E-state index in [0.29, 0.717) is 0 Å². The summed E-state index contributed by atoms with van der Waals surface area (Å²) in [7, 11) is 1.60. The van der Waals surface area contributed by atoms with Crippen LogP contribution in [0.1, 0.15) is 18.9 Å². The highest BCUT2D eigenvalue weighted by Crippen LogP contribution is 2.08. The lowest BCUT2D eigenvalue weighted by Gasteiger charge is -2.17. The molecule has 1 atom stereocenters. The first-order valence-corrected chi connectivity index (χ1v) is 6.24. The van der Waals surface area contributed by atoms with Gasteiger partial charge in [0.05, 0.1) is 6.54 Å². The van der Waals surface area contributed by atoms with Crippen LogP contribution in [0.3, 0.4) is 0 Å². The summed E-state index contributed by atoms with van der Waals surface area (Å²) in [6.45, 7) is 3.77. The van der Waals surface area contributed by atoms with E-state index in [1.165, 1.54) is 4.90 Å². The second-order valence-corrected chi connectivity index (χ2v) is 4.85. The number of aryl methyl sites for hydroxylation is 1. The van der Waals surface area contributed by atoms with Crippen LogP contribution in [0.4, 0.5) is 5.69 Å². The van der Waals surface area contributed by atoms with Crippen molar-refractivity contribution in [1.82, 2.24) is 4.90 Å². The Balaban J connectivity index is 0.00000361. The quantitative estimate of drug-likeness (QED) is 0.866. The highest BCUT2D eigenvalue weighted by molar-refractivity contribution is 5.94. The van der Waals surface area contributed by atoms with Gasteiger partial charge in [0.25, 0.3) is 0 Å². The first-order valence-electron chi connectivity index (χ1n) is 6.24. The van der Waals surface area contributed by atoms with E-state index in [2.05, 4.69) is 5.32 Å². The van der Waals surface area contributed by atoms with Crippen molar-refractivity contribution in [2.45, 2.75) is 26.3 Å². The second-order valence-electron chi connectivity index (χ2n) is 4.85. The van der Waals surface area contributed by atoms with Crippen LogP contribution in [0.15, 0.2) is 24.3 Å². The average Bonchev–Trinajstić information content (AvgIpc) is 2.31.